The van der Waals surface area contributed by atoms with Gasteiger partial charge in [-0.25, -0.2) is 0 Å². The van der Waals surface area contributed by atoms with Gasteiger partial charge in [0.2, 0.25) is 0 Å². The Hall–Kier alpha value is -1.66. The first-order valence-electron chi connectivity index (χ1n) is 21.3. The first-order valence-corrected chi connectivity index (χ1v) is 21.3. The third-order valence-electron chi connectivity index (χ3n) is 9.61. The highest BCUT2D eigenvalue weighted by atomic mass is 16.6. The van der Waals surface area contributed by atoms with Gasteiger partial charge in [-0.3, -0.25) is 9.59 Å². The Labute approximate surface area is 311 Å². The van der Waals surface area contributed by atoms with E-state index < -0.39 is 6.10 Å². The standard InChI is InChI=1S/C44H84NO5/c1-6-8-10-12-14-16-18-20-22-24-26-28-30-32-34-36-43(46)49-41-42(40-45(3,4)38-39-48-5)50-44(47)37-35-33-31-29-27-25-23-21-19-17-15-13-11-9-7-2/h20-23,42H,6-19,24-41H2,1-5H3/q+1/b22-20-,23-21-. The molecule has 0 aromatic heterocycles. The van der Waals surface area contributed by atoms with Gasteiger partial charge in [0, 0.05) is 20.0 Å². The normalized spacial score (nSPS) is 12.7. The number of ether oxygens (including phenoxy) is 3. The molecule has 0 aliphatic carbocycles. The van der Waals surface area contributed by atoms with E-state index in [2.05, 4.69) is 52.2 Å². The Bertz CT molecular complexity index is 808. The Morgan fingerprint density at radius 3 is 1.34 bits per heavy atom. The number of carbonyl (C=O) groups excluding carboxylic acids is 2. The van der Waals surface area contributed by atoms with E-state index in [4.69, 9.17) is 14.2 Å². The van der Waals surface area contributed by atoms with E-state index >= 15 is 0 Å². The summed E-state index contributed by atoms with van der Waals surface area (Å²) < 4.78 is 17.4. The first kappa shape index (κ1) is 48.3. The molecule has 0 spiro atoms. The highest BCUT2D eigenvalue weighted by Gasteiger charge is 2.26. The molecule has 0 radical (unpaired) electrons. The minimum atomic E-state index is -0.449. The minimum absolute atomic E-state index is 0.122. The molecule has 6 nitrogen and oxygen atoms in total. The van der Waals surface area contributed by atoms with Crippen LogP contribution in [0.15, 0.2) is 24.3 Å². The summed E-state index contributed by atoms with van der Waals surface area (Å²) in [4.78, 5) is 25.3. The van der Waals surface area contributed by atoms with Gasteiger partial charge in [-0.05, 0) is 64.2 Å². The summed E-state index contributed by atoms with van der Waals surface area (Å²) >= 11 is 0. The molecule has 1 unspecified atom stereocenters. The second-order valence-corrected chi connectivity index (χ2v) is 15.3. The number of rotatable bonds is 38. The van der Waals surface area contributed by atoms with Gasteiger partial charge >= 0.3 is 11.9 Å². The van der Waals surface area contributed by atoms with E-state index in [1.165, 1.54) is 116 Å². The van der Waals surface area contributed by atoms with Crippen LogP contribution in [-0.2, 0) is 23.8 Å². The van der Waals surface area contributed by atoms with Crippen molar-refractivity contribution in [3.8, 4) is 0 Å². The fourth-order valence-corrected chi connectivity index (χ4v) is 6.29. The van der Waals surface area contributed by atoms with E-state index in [9.17, 15) is 9.59 Å². The Kier molecular flexibility index (Phi) is 35.9. The van der Waals surface area contributed by atoms with Crippen LogP contribution < -0.4 is 0 Å². The van der Waals surface area contributed by atoms with Crippen molar-refractivity contribution >= 4 is 11.9 Å². The zero-order valence-electron chi connectivity index (χ0n) is 34.0. The van der Waals surface area contributed by atoms with Gasteiger partial charge in [0.25, 0.3) is 0 Å². The monoisotopic (exact) mass is 707 g/mol. The molecule has 0 bridgehead atoms. The van der Waals surface area contributed by atoms with Crippen LogP contribution in [0.3, 0.4) is 0 Å². The first-order chi connectivity index (χ1) is 24.3. The predicted octanol–water partition coefficient (Wildman–Crippen LogP) is 12.2. The van der Waals surface area contributed by atoms with Gasteiger partial charge in [-0.2, -0.15) is 0 Å². The molecule has 0 aromatic rings. The molecule has 294 valence electrons. The van der Waals surface area contributed by atoms with E-state index in [0.29, 0.717) is 30.5 Å². The topological polar surface area (TPSA) is 61.8 Å². The maximum atomic E-state index is 12.8. The van der Waals surface area contributed by atoms with Gasteiger partial charge in [-0.1, -0.05) is 141 Å². The molecule has 0 fully saturated rings. The van der Waals surface area contributed by atoms with Crippen molar-refractivity contribution in [3.05, 3.63) is 24.3 Å². The molecule has 0 aromatic carbocycles. The van der Waals surface area contributed by atoms with Gasteiger partial charge in [0.05, 0.1) is 20.7 Å². The third kappa shape index (κ3) is 36.1. The van der Waals surface area contributed by atoms with Crippen LogP contribution in [0.2, 0.25) is 0 Å². The van der Waals surface area contributed by atoms with Crippen molar-refractivity contribution < 1.29 is 28.3 Å². The number of hydrogen-bond donors (Lipinski definition) is 0. The van der Waals surface area contributed by atoms with Gasteiger partial charge in [0.1, 0.15) is 19.7 Å². The summed E-state index contributed by atoms with van der Waals surface area (Å²) in [6, 6.07) is 0. The van der Waals surface area contributed by atoms with E-state index in [1.54, 1.807) is 7.11 Å². The van der Waals surface area contributed by atoms with Gasteiger partial charge in [-0.15, -0.1) is 0 Å². The maximum Gasteiger partial charge on any atom is 0.306 e. The summed E-state index contributed by atoms with van der Waals surface area (Å²) in [6.07, 6.45) is 41.8. The zero-order chi connectivity index (χ0) is 36.8. The van der Waals surface area contributed by atoms with Crippen molar-refractivity contribution in [3.63, 3.8) is 0 Å². The quantitative estimate of drug-likeness (QED) is 0.0277. The highest BCUT2D eigenvalue weighted by Crippen LogP contribution is 2.14. The van der Waals surface area contributed by atoms with Crippen molar-refractivity contribution in [2.45, 2.75) is 200 Å². The smallest absolute Gasteiger partial charge is 0.306 e. The fourth-order valence-electron chi connectivity index (χ4n) is 6.29. The van der Waals surface area contributed by atoms with Crippen molar-refractivity contribution in [1.29, 1.82) is 0 Å². The summed E-state index contributed by atoms with van der Waals surface area (Å²) in [7, 11) is 5.89. The maximum absolute atomic E-state index is 12.8. The molecule has 0 saturated carbocycles. The average molecular weight is 707 g/mol. The molecule has 0 aliphatic rings. The number of unbranched alkanes of at least 4 members (excludes halogenated alkanes) is 22. The van der Waals surface area contributed by atoms with Gasteiger partial charge in [0.15, 0.2) is 6.10 Å². The number of allylic oxidation sites excluding steroid dienone is 4. The van der Waals surface area contributed by atoms with Crippen LogP contribution in [-0.4, -0.2) is 70.0 Å². The molecule has 50 heavy (non-hydrogen) atoms. The van der Waals surface area contributed by atoms with Crippen LogP contribution in [0, 0.1) is 0 Å². The second kappa shape index (κ2) is 37.1. The molecule has 0 saturated heterocycles. The number of methoxy groups -OCH3 is 1. The molecule has 0 rings (SSSR count). The highest BCUT2D eigenvalue weighted by molar-refractivity contribution is 5.70. The number of likely N-dealkylation sites (N-methyl/N-ethyl adjacent to an activating group) is 1. The largest absolute Gasteiger partial charge is 0.461 e. The van der Waals surface area contributed by atoms with Crippen LogP contribution >= 0.6 is 0 Å². The summed E-state index contributed by atoms with van der Waals surface area (Å²) in [5, 5.41) is 0. The Morgan fingerprint density at radius 1 is 0.540 bits per heavy atom. The lowest BCUT2D eigenvalue weighted by Crippen LogP contribution is -2.49. The molecule has 0 aliphatic heterocycles. The molecule has 0 heterocycles. The number of hydrogen-bond acceptors (Lipinski definition) is 5. The fraction of sp³-hybridized carbons (Fsp3) is 0.864. The number of nitrogens with zero attached hydrogens (tertiary/aromatic N) is 1. The van der Waals surface area contributed by atoms with Crippen LogP contribution in [0.1, 0.15) is 194 Å². The molecule has 0 N–H and O–H groups in total. The van der Waals surface area contributed by atoms with Gasteiger partial charge < -0.3 is 18.7 Å². The number of carbonyl (C=O) groups is 2. The number of quaternary nitrogens is 1. The lowest BCUT2D eigenvalue weighted by Gasteiger charge is -2.32. The summed E-state index contributed by atoms with van der Waals surface area (Å²) in [6.45, 7) is 6.66. The van der Waals surface area contributed by atoms with E-state index in [-0.39, 0.29) is 18.5 Å². The SMILES string of the molecule is CCCCCCCC/C=C\CCCCCCCC(=O)OCC(C[N+](C)(C)CCOC)OC(=O)CCCCCCC/C=C\CCCCCCCC. The second-order valence-electron chi connectivity index (χ2n) is 15.3. The molecule has 6 heteroatoms. The number of esters is 2. The van der Waals surface area contributed by atoms with Crippen LogP contribution in [0.25, 0.3) is 0 Å². The molecule has 0 amide bonds. The van der Waals surface area contributed by atoms with Crippen LogP contribution in [0.4, 0.5) is 0 Å². The lowest BCUT2D eigenvalue weighted by molar-refractivity contribution is -0.893. The molecular formula is C44H84NO5+. The predicted molar refractivity (Wildman–Crippen MR) is 213 cm³/mol. The third-order valence-corrected chi connectivity index (χ3v) is 9.61. The van der Waals surface area contributed by atoms with Crippen molar-refractivity contribution in [2.24, 2.45) is 0 Å². The average Bonchev–Trinajstić information content (AvgIpc) is 3.09. The molecule has 1 atom stereocenters. The lowest BCUT2D eigenvalue weighted by atomic mass is 10.1. The van der Waals surface area contributed by atoms with Crippen LogP contribution in [0.5, 0.6) is 0 Å². The van der Waals surface area contributed by atoms with Crippen molar-refractivity contribution in [1.82, 2.24) is 0 Å². The van der Waals surface area contributed by atoms with E-state index in [1.807, 2.05) is 0 Å². The zero-order valence-corrected chi connectivity index (χ0v) is 34.0. The van der Waals surface area contributed by atoms with E-state index in [0.717, 1.165) is 57.9 Å². The molecular weight excluding hydrogens is 622 g/mol. The van der Waals surface area contributed by atoms with Crippen molar-refractivity contribution in [2.75, 3.05) is 47.5 Å². The minimum Gasteiger partial charge on any atom is -0.461 e. The Balaban J connectivity index is 4.15. The Morgan fingerprint density at radius 2 is 0.920 bits per heavy atom. The summed E-state index contributed by atoms with van der Waals surface area (Å²) in [5.74, 6) is -0.379. The summed E-state index contributed by atoms with van der Waals surface area (Å²) in [5.41, 5.74) is 0.